The summed E-state index contributed by atoms with van der Waals surface area (Å²) >= 11 is 0. The summed E-state index contributed by atoms with van der Waals surface area (Å²) in [5.74, 6) is -0.589. The molecule has 0 aromatic heterocycles. The fraction of sp³-hybridized carbons (Fsp3) is 0.778. The van der Waals surface area contributed by atoms with Gasteiger partial charge in [-0.3, -0.25) is 4.79 Å². The molecule has 0 aliphatic carbocycles. The average Bonchev–Trinajstić information content (AvgIpc) is 2.14. The third-order valence-electron chi connectivity index (χ3n) is 1.78. The zero-order chi connectivity index (χ0) is 10.4. The molecule has 0 saturated carbocycles. The minimum atomic E-state index is -0.671. The summed E-state index contributed by atoms with van der Waals surface area (Å²) < 4.78 is 9.58. The largest absolute Gasteiger partial charge is 0.453 e. The summed E-state index contributed by atoms with van der Waals surface area (Å²) in [7, 11) is 1.41. The highest BCUT2D eigenvalue weighted by Crippen LogP contribution is 2.00. The first-order chi connectivity index (χ1) is 6.02. The fourth-order valence-electron chi connectivity index (χ4n) is 0.719. The average molecular weight is 188 g/mol. The Morgan fingerprint density at radius 1 is 1.23 bits per heavy atom. The number of Topliss-reactive ketones (excluding diaryl/α,β-unsaturated/α-hetero) is 1. The van der Waals surface area contributed by atoms with Gasteiger partial charge in [0.1, 0.15) is 0 Å². The highest BCUT2D eigenvalue weighted by atomic mass is 16.6. The van der Waals surface area contributed by atoms with Crippen molar-refractivity contribution in [2.45, 2.75) is 39.4 Å². The molecule has 0 saturated heterocycles. The van der Waals surface area contributed by atoms with Crippen LogP contribution in [-0.4, -0.2) is 31.1 Å². The summed E-state index contributed by atoms with van der Waals surface area (Å²) in [6.07, 6.45) is -0.919. The van der Waals surface area contributed by atoms with E-state index in [0.717, 1.165) is 0 Å². The first kappa shape index (κ1) is 12.1. The van der Waals surface area contributed by atoms with Crippen molar-refractivity contribution in [1.29, 1.82) is 0 Å². The van der Waals surface area contributed by atoms with Crippen LogP contribution in [0, 0.1) is 0 Å². The smallest absolute Gasteiger partial charge is 0.335 e. The molecular weight excluding hydrogens is 172 g/mol. The Hall–Kier alpha value is -0.900. The Morgan fingerprint density at radius 2 is 1.77 bits per heavy atom. The molecule has 0 rings (SSSR count). The molecule has 0 N–H and O–H groups in total. The topological polar surface area (TPSA) is 52.6 Å². The van der Waals surface area contributed by atoms with Gasteiger partial charge >= 0.3 is 5.97 Å². The Kier molecular flexibility index (Phi) is 5.30. The van der Waals surface area contributed by atoms with E-state index >= 15 is 0 Å². The van der Waals surface area contributed by atoms with Crippen molar-refractivity contribution in [3.05, 3.63) is 0 Å². The predicted molar refractivity (Wildman–Crippen MR) is 47.3 cm³/mol. The second-order valence-electron chi connectivity index (χ2n) is 2.78. The molecule has 0 aromatic carbocycles. The van der Waals surface area contributed by atoms with Crippen molar-refractivity contribution in [3.63, 3.8) is 0 Å². The van der Waals surface area contributed by atoms with Gasteiger partial charge in [-0.15, -0.1) is 0 Å². The monoisotopic (exact) mass is 188 g/mol. The molecule has 76 valence electrons. The number of methoxy groups -OCH3 is 1. The van der Waals surface area contributed by atoms with Gasteiger partial charge < -0.3 is 9.47 Å². The maximum Gasteiger partial charge on any atom is 0.335 e. The molecular formula is C9H16O4. The van der Waals surface area contributed by atoms with Crippen LogP contribution in [-0.2, 0) is 19.1 Å². The molecule has 0 aliphatic rings. The SMILES string of the molecule is CCC(=O)C(C)OC(=O)C(C)OC. The number of rotatable bonds is 5. The lowest BCUT2D eigenvalue weighted by Gasteiger charge is -2.14. The van der Waals surface area contributed by atoms with Crippen LogP contribution in [0.5, 0.6) is 0 Å². The van der Waals surface area contributed by atoms with Gasteiger partial charge in [-0.25, -0.2) is 4.79 Å². The van der Waals surface area contributed by atoms with Crippen LogP contribution in [0.2, 0.25) is 0 Å². The lowest BCUT2D eigenvalue weighted by molar-refractivity contribution is -0.162. The van der Waals surface area contributed by atoms with E-state index in [9.17, 15) is 9.59 Å². The van der Waals surface area contributed by atoms with Crippen LogP contribution in [0.4, 0.5) is 0 Å². The van der Waals surface area contributed by atoms with Crippen LogP contribution in [0.1, 0.15) is 27.2 Å². The van der Waals surface area contributed by atoms with Crippen molar-refractivity contribution >= 4 is 11.8 Å². The summed E-state index contributed by atoms with van der Waals surface area (Å²) in [6, 6.07) is 0. The number of carbonyl (C=O) groups is 2. The maximum absolute atomic E-state index is 11.1. The van der Waals surface area contributed by atoms with E-state index in [2.05, 4.69) is 0 Å². The molecule has 13 heavy (non-hydrogen) atoms. The number of esters is 1. The quantitative estimate of drug-likeness (QED) is 0.602. The van der Waals surface area contributed by atoms with Crippen molar-refractivity contribution in [1.82, 2.24) is 0 Å². The molecule has 0 spiro atoms. The first-order valence-electron chi connectivity index (χ1n) is 4.28. The summed E-state index contributed by atoms with van der Waals surface area (Å²) in [5.41, 5.74) is 0. The molecule has 0 fully saturated rings. The molecule has 2 unspecified atom stereocenters. The van der Waals surface area contributed by atoms with Crippen LogP contribution in [0.3, 0.4) is 0 Å². The van der Waals surface area contributed by atoms with Gasteiger partial charge in [-0.1, -0.05) is 6.92 Å². The molecule has 0 radical (unpaired) electrons. The van der Waals surface area contributed by atoms with E-state index < -0.39 is 18.2 Å². The summed E-state index contributed by atoms with van der Waals surface area (Å²) in [4.78, 5) is 22.1. The highest BCUT2D eigenvalue weighted by Gasteiger charge is 2.19. The number of hydrogen-bond acceptors (Lipinski definition) is 4. The van der Waals surface area contributed by atoms with Crippen molar-refractivity contribution in [3.8, 4) is 0 Å². The molecule has 0 amide bonds. The molecule has 0 aromatic rings. The second-order valence-corrected chi connectivity index (χ2v) is 2.78. The van der Waals surface area contributed by atoms with Gasteiger partial charge in [0, 0.05) is 13.5 Å². The van der Waals surface area contributed by atoms with E-state index in [1.165, 1.54) is 7.11 Å². The van der Waals surface area contributed by atoms with Crippen LogP contribution < -0.4 is 0 Å². The number of carbonyl (C=O) groups excluding carboxylic acids is 2. The Bertz CT molecular complexity index is 188. The third kappa shape index (κ3) is 4.03. The predicted octanol–water partition coefficient (Wildman–Crippen LogP) is 0.932. The van der Waals surface area contributed by atoms with Crippen molar-refractivity contribution in [2.24, 2.45) is 0 Å². The van der Waals surface area contributed by atoms with Gasteiger partial charge in [-0.2, -0.15) is 0 Å². The van der Waals surface area contributed by atoms with Gasteiger partial charge in [0.25, 0.3) is 0 Å². The minimum absolute atomic E-state index is 0.0864. The highest BCUT2D eigenvalue weighted by molar-refractivity contribution is 5.85. The number of ketones is 1. The molecule has 4 heteroatoms. The Morgan fingerprint density at radius 3 is 2.15 bits per heavy atom. The van der Waals surface area contributed by atoms with Crippen molar-refractivity contribution < 1.29 is 19.1 Å². The summed E-state index contributed by atoms with van der Waals surface area (Å²) in [5, 5.41) is 0. The number of ether oxygens (including phenoxy) is 2. The lowest BCUT2D eigenvalue weighted by atomic mass is 10.2. The standard InChI is InChI=1S/C9H16O4/c1-5-8(10)6(2)13-9(11)7(3)12-4/h6-7H,5H2,1-4H3. The Labute approximate surface area is 78.2 Å². The third-order valence-corrected chi connectivity index (χ3v) is 1.78. The molecule has 0 aliphatic heterocycles. The van der Waals surface area contributed by atoms with Crippen LogP contribution in [0.25, 0.3) is 0 Å². The fourth-order valence-corrected chi connectivity index (χ4v) is 0.719. The van der Waals surface area contributed by atoms with Gasteiger partial charge in [0.2, 0.25) is 0 Å². The van der Waals surface area contributed by atoms with Gasteiger partial charge in [0.15, 0.2) is 18.0 Å². The summed E-state index contributed by atoms with van der Waals surface area (Å²) in [6.45, 7) is 4.87. The van der Waals surface area contributed by atoms with Crippen molar-refractivity contribution in [2.75, 3.05) is 7.11 Å². The number of hydrogen-bond donors (Lipinski definition) is 0. The lowest BCUT2D eigenvalue weighted by Crippen LogP contribution is -2.30. The molecule has 4 nitrogen and oxygen atoms in total. The van der Waals surface area contributed by atoms with Crippen LogP contribution >= 0.6 is 0 Å². The van der Waals surface area contributed by atoms with E-state index in [4.69, 9.17) is 9.47 Å². The second kappa shape index (κ2) is 5.70. The molecule has 0 bridgehead atoms. The zero-order valence-electron chi connectivity index (χ0n) is 8.49. The van der Waals surface area contributed by atoms with Crippen LogP contribution in [0.15, 0.2) is 0 Å². The van der Waals surface area contributed by atoms with Gasteiger partial charge in [-0.05, 0) is 13.8 Å². The first-order valence-corrected chi connectivity index (χ1v) is 4.28. The zero-order valence-corrected chi connectivity index (χ0v) is 8.49. The Balaban J connectivity index is 3.98. The molecule has 2 atom stereocenters. The van der Waals surface area contributed by atoms with Gasteiger partial charge in [0.05, 0.1) is 0 Å². The minimum Gasteiger partial charge on any atom is -0.453 e. The van der Waals surface area contributed by atoms with E-state index in [1.54, 1.807) is 20.8 Å². The normalized spacial score (nSPS) is 14.8. The van der Waals surface area contributed by atoms with E-state index in [1.807, 2.05) is 0 Å². The maximum atomic E-state index is 11.1. The van der Waals surface area contributed by atoms with E-state index in [0.29, 0.717) is 6.42 Å². The van der Waals surface area contributed by atoms with E-state index in [-0.39, 0.29) is 5.78 Å². The molecule has 0 heterocycles.